The molecule has 2 aromatic rings. The number of aromatic nitrogens is 1. The number of hydrogen-bond donors (Lipinski definition) is 3. The van der Waals surface area contributed by atoms with Gasteiger partial charge in [0.05, 0.1) is 5.69 Å². The summed E-state index contributed by atoms with van der Waals surface area (Å²) in [5.41, 5.74) is 1.13. The number of halogens is 3. The predicted molar refractivity (Wildman–Crippen MR) is 134 cm³/mol. The molecule has 13 heteroatoms. The van der Waals surface area contributed by atoms with Crippen molar-refractivity contribution in [3.8, 4) is 0 Å². The van der Waals surface area contributed by atoms with E-state index >= 15 is 0 Å². The number of hydrogen-bond acceptors (Lipinski definition) is 6. The van der Waals surface area contributed by atoms with Crippen molar-refractivity contribution in [1.29, 1.82) is 0 Å². The molecule has 0 spiro atoms. The van der Waals surface area contributed by atoms with Gasteiger partial charge in [0.1, 0.15) is 6.17 Å². The maximum Gasteiger partial charge on any atom is 0.252 e. The Morgan fingerprint density at radius 1 is 1.15 bits per heavy atom. The first-order chi connectivity index (χ1) is 16.0. The second-order valence-electron chi connectivity index (χ2n) is 8.32. The van der Waals surface area contributed by atoms with Crippen LogP contribution in [0.4, 0.5) is 5.69 Å². The summed E-state index contributed by atoms with van der Waals surface area (Å²) in [5.74, 6) is -0.206. The van der Waals surface area contributed by atoms with Crippen molar-refractivity contribution in [2.45, 2.75) is 28.8 Å². The molecule has 1 saturated heterocycles. The molecular weight excluding hydrogens is 525 g/mol. The molecule has 1 fully saturated rings. The fourth-order valence-electron chi connectivity index (χ4n) is 4.43. The van der Waals surface area contributed by atoms with Crippen LogP contribution in [0, 0.1) is 11.1 Å². The zero-order valence-electron chi connectivity index (χ0n) is 17.7. The normalized spacial score (nSPS) is 20.2. The third-order valence-electron chi connectivity index (χ3n) is 5.99. The summed E-state index contributed by atoms with van der Waals surface area (Å²) in [5, 5.41) is 25.4. The number of benzene rings is 1. The number of alkyl halides is 3. The van der Waals surface area contributed by atoms with Gasteiger partial charge in [-0.25, -0.2) is 0 Å². The maximum absolute atomic E-state index is 12.7. The van der Waals surface area contributed by atoms with Gasteiger partial charge >= 0.3 is 0 Å². The van der Waals surface area contributed by atoms with Crippen LogP contribution in [0.3, 0.4) is 0 Å². The SMILES string of the molecule is O=C(N[C@H](NC(=S)N1C[C@H]2C[C@H](C1)c1cccc(=O)n1C2)C(Cl)(Cl)Cl)c1ccc(N([O-])O)cc1. The molecule has 0 unspecified atom stereocenters. The van der Waals surface area contributed by atoms with E-state index in [4.69, 9.17) is 52.2 Å². The van der Waals surface area contributed by atoms with Crippen molar-refractivity contribution in [2.75, 3.05) is 18.3 Å². The van der Waals surface area contributed by atoms with Crippen LogP contribution in [0.2, 0.25) is 0 Å². The first-order valence-electron chi connectivity index (χ1n) is 10.4. The summed E-state index contributed by atoms with van der Waals surface area (Å²) >= 11 is 23.9. The lowest BCUT2D eigenvalue weighted by molar-refractivity contribution is 0.0932. The molecule has 2 aliphatic rings. The van der Waals surface area contributed by atoms with Gasteiger partial charge in [-0.15, -0.1) is 0 Å². The second-order valence-corrected chi connectivity index (χ2v) is 11.1. The zero-order chi connectivity index (χ0) is 24.6. The van der Waals surface area contributed by atoms with E-state index < -0.39 is 15.9 Å². The van der Waals surface area contributed by atoms with Gasteiger partial charge in [0, 0.05) is 42.9 Å². The van der Waals surface area contributed by atoms with Crippen LogP contribution in [0.1, 0.15) is 28.4 Å². The molecule has 34 heavy (non-hydrogen) atoms. The van der Waals surface area contributed by atoms with Gasteiger partial charge in [0.25, 0.3) is 11.5 Å². The number of anilines is 1. The number of carbonyl (C=O) groups is 1. The smallest absolute Gasteiger partial charge is 0.252 e. The van der Waals surface area contributed by atoms with E-state index in [1.165, 1.54) is 24.3 Å². The molecular formula is C21H21Cl3N5O4S-. The summed E-state index contributed by atoms with van der Waals surface area (Å²) < 4.78 is -0.104. The summed E-state index contributed by atoms with van der Waals surface area (Å²) in [6.45, 7) is 1.82. The number of thiocarbonyl (C=S) groups is 1. The van der Waals surface area contributed by atoms with Crippen molar-refractivity contribution in [3.05, 3.63) is 69.3 Å². The van der Waals surface area contributed by atoms with E-state index in [1.54, 1.807) is 12.1 Å². The van der Waals surface area contributed by atoms with E-state index in [9.17, 15) is 14.8 Å². The third kappa shape index (κ3) is 5.42. The van der Waals surface area contributed by atoms with Crippen LogP contribution in [0.15, 0.2) is 47.3 Å². The molecule has 1 aromatic heterocycles. The molecule has 0 saturated carbocycles. The Morgan fingerprint density at radius 2 is 1.85 bits per heavy atom. The van der Waals surface area contributed by atoms with E-state index in [0.717, 1.165) is 12.1 Å². The van der Waals surface area contributed by atoms with Crippen LogP contribution in [0.5, 0.6) is 0 Å². The Kier molecular flexibility index (Phi) is 7.28. The minimum atomic E-state index is -1.93. The van der Waals surface area contributed by atoms with Gasteiger partial charge in [-0.2, -0.15) is 0 Å². The average molecular weight is 546 g/mol. The van der Waals surface area contributed by atoms with Gasteiger partial charge in [0.2, 0.25) is 3.79 Å². The zero-order valence-corrected chi connectivity index (χ0v) is 20.7. The Hall–Kier alpha value is -2.08. The molecule has 0 radical (unpaired) electrons. The molecule has 1 amide bonds. The molecule has 3 N–H and O–H groups in total. The molecule has 0 aliphatic carbocycles. The van der Waals surface area contributed by atoms with Crippen molar-refractivity contribution in [2.24, 2.45) is 5.92 Å². The standard InChI is InChI=1S/C21H21Cl3N5O4S/c22-21(23,24)19(25-18(31)13-4-6-15(7-5-13)29(32)33)26-20(34)27-9-12-8-14(11-27)16-2-1-3-17(30)28(16)10-12/h1-7,12,14,19,32H,8-11H2,(H,25,31)(H,26,34)/q-1/t12-,14-,19-/m1/s1. The Morgan fingerprint density at radius 3 is 2.50 bits per heavy atom. The maximum atomic E-state index is 12.7. The highest BCUT2D eigenvalue weighted by atomic mass is 35.6. The van der Waals surface area contributed by atoms with Crippen LogP contribution in [0.25, 0.3) is 0 Å². The van der Waals surface area contributed by atoms with Crippen molar-refractivity contribution >= 4 is 63.7 Å². The number of piperidine rings is 1. The minimum Gasteiger partial charge on any atom is -0.733 e. The summed E-state index contributed by atoms with van der Waals surface area (Å²) in [6.07, 6.45) is -0.194. The molecule has 1 aromatic carbocycles. The van der Waals surface area contributed by atoms with Gasteiger partial charge in [0.15, 0.2) is 5.11 Å². The number of amides is 1. The summed E-state index contributed by atoms with van der Waals surface area (Å²) in [6, 6.07) is 10.5. The number of carbonyl (C=O) groups excluding carboxylic acids is 1. The third-order valence-corrected chi connectivity index (χ3v) is 7.02. The Labute approximate surface area is 215 Å². The first-order valence-corrected chi connectivity index (χ1v) is 12.0. The number of rotatable bonds is 4. The van der Waals surface area contributed by atoms with E-state index in [-0.39, 0.29) is 33.9 Å². The molecule has 182 valence electrons. The van der Waals surface area contributed by atoms with E-state index in [1.807, 2.05) is 15.5 Å². The Bertz CT molecular complexity index is 1140. The van der Waals surface area contributed by atoms with Crippen LogP contribution >= 0.6 is 47.0 Å². The van der Waals surface area contributed by atoms with Gasteiger partial charge in [-0.05, 0) is 54.9 Å². The minimum absolute atomic E-state index is 0.00434. The first kappa shape index (κ1) is 25.0. The lowest BCUT2D eigenvalue weighted by atomic mass is 9.83. The van der Waals surface area contributed by atoms with Crippen LogP contribution in [-0.4, -0.2) is 48.7 Å². The van der Waals surface area contributed by atoms with Gasteiger partial charge in [-0.3, -0.25) is 14.8 Å². The van der Waals surface area contributed by atoms with Gasteiger partial charge < -0.3 is 30.5 Å². The van der Waals surface area contributed by atoms with Crippen molar-refractivity contribution in [1.82, 2.24) is 20.1 Å². The number of likely N-dealkylation sites (tertiary alicyclic amines) is 1. The lowest BCUT2D eigenvalue weighted by Crippen LogP contribution is -2.60. The monoisotopic (exact) mass is 544 g/mol. The predicted octanol–water partition coefficient (Wildman–Crippen LogP) is 2.96. The molecule has 2 aliphatic heterocycles. The lowest BCUT2D eigenvalue weighted by Gasteiger charge is -2.44. The summed E-state index contributed by atoms with van der Waals surface area (Å²) in [7, 11) is 0. The van der Waals surface area contributed by atoms with Crippen molar-refractivity contribution < 1.29 is 10.0 Å². The van der Waals surface area contributed by atoms with Crippen LogP contribution in [-0.2, 0) is 6.54 Å². The molecule has 4 rings (SSSR count). The highest BCUT2D eigenvalue weighted by Crippen LogP contribution is 2.35. The highest BCUT2D eigenvalue weighted by molar-refractivity contribution is 7.80. The molecule has 9 nitrogen and oxygen atoms in total. The Balaban J connectivity index is 1.45. The van der Waals surface area contributed by atoms with E-state index in [0.29, 0.717) is 24.7 Å². The van der Waals surface area contributed by atoms with E-state index in [2.05, 4.69) is 10.6 Å². The molecule has 3 atom stereocenters. The molecule has 2 bridgehead atoms. The fourth-order valence-corrected chi connectivity index (χ4v) is 5.03. The number of nitrogens with zero attached hydrogens (tertiary/aromatic N) is 3. The average Bonchev–Trinajstić information content (AvgIpc) is 2.78. The number of pyridine rings is 1. The molecule has 3 heterocycles. The quantitative estimate of drug-likeness (QED) is 0.233. The van der Waals surface area contributed by atoms with Crippen LogP contribution < -0.4 is 21.4 Å². The number of nitrogens with one attached hydrogen (secondary N) is 2. The number of fused-ring (bicyclic) bond motifs is 4. The van der Waals surface area contributed by atoms with Gasteiger partial charge in [-0.1, -0.05) is 40.9 Å². The summed E-state index contributed by atoms with van der Waals surface area (Å²) in [4.78, 5) is 26.9. The largest absolute Gasteiger partial charge is 0.733 e. The fraction of sp³-hybridized carbons (Fsp3) is 0.381. The highest BCUT2D eigenvalue weighted by Gasteiger charge is 2.39. The second kappa shape index (κ2) is 9.88. The topological polar surface area (TPSA) is 113 Å². The van der Waals surface area contributed by atoms with Crippen molar-refractivity contribution in [3.63, 3.8) is 0 Å².